The highest BCUT2D eigenvalue weighted by atomic mass is 35.5. The number of amides is 1. The second-order valence-electron chi connectivity index (χ2n) is 3.87. The van der Waals surface area contributed by atoms with Crippen LogP contribution in [0.5, 0.6) is 5.75 Å². The molecule has 6 heteroatoms. The highest BCUT2D eigenvalue weighted by molar-refractivity contribution is 6.30. The summed E-state index contributed by atoms with van der Waals surface area (Å²) in [5, 5.41) is 8.39. The number of benzene rings is 1. The third-order valence-electron chi connectivity index (χ3n) is 2.47. The maximum absolute atomic E-state index is 13.5. The molecule has 0 heterocycles. The molecule has 19 heavy (non-hydrogen) atoms. The van der Waals surface area contributed by atoms with Gasteiger partial charge in [0.1, 0.15) is 0 Å². The largest absolute Gasteiger partial charge is 0.490 e. The molecule has 0 spiro atoms. The molecule has 0 aliphatic rings. The van der Waals surface area contributed by atoms with Crippen LogP contribution in [-0.2, 0) is 4.79 Å². The molecule has 0 aliphatic carbocycles. The monoisotopic (exact) mass is 284 g/mol. The minimum Gasteiger partial charge on any atom is -0.490 e. The first-order chi connectivity index (χ1) is 9.06. The average Bonchev–Trinajstić information content (AvgIpc) is 2.40. The molecule has 0 saturated heterocycles. The fourth-order valence-electron chi connectivity index (χ4n) is 1.38. The first kappa shape index (κ1) is 15.3. The van der Waals surface area contributed by atoms with Crippen molar-refractivity contribution in [3.8, 4) is 11.8 Å². The summed E-state index contributed by atoms with van der Waals surface area (Å²) in [5.74, 6) is -0.757. The van der Waals surface area contributed by atoms with E-state index in [1.165, 1.54) is 17.0 Å². The number of ether oxygens (including phenoxy) is 1. The number of hydrogen-bond donors (Lipinski definition) is 0. The summed E-state index contributed by atoms with van der Waals surface area (Å²) in [4.78, 5) is 13.1. The van der Waals surface area contributed by atoms with Gasteiger partial charge in [0.15, 0.2) is 11.6 Å². The van der Waals surface area contributed by atoms with Crippen LogP contribution in [0.2, 0.25) is 5.02 Å². The highest BCUT2D eigenvalue weighted by Crippen LogP contribution is 2.24. The zero-order chi connectivity index (χ0) is 14.3. The lowest BCUT2D eigenvalue weighted by Crippen LogP contribution is -2.28. The second kappa shape index (κ2) is 7.59. The first-order valence-corrected chi connectivity index (χ1v) is 6.11. The van der Waals surface area contributed by atoms with Gasteiger partial charge < -0.3 is 9.64 Å². The molecule has 0 aliphatic heterocycles. The SMILES string of the molecule is CN(CCC#N)C(=O)CCOc1cccc(Cl)c1F. The third-order valence-corrected chi connectivity index (χ3v) is 2.77. The summed E-state index contributed by atoms with van der Waals surface area (Å²) >= 11 is 5.60. The molecule has 1 amide bonds. The van der Waals surface area contributed by atoms with Gasteiger partial charge in [-0.3, -0.25) is 4.79 Å². The molecule has 0 saturated carbocycles. The molecule has 0 fully saturated rings. The van der Waals surface area contributed by atoms with Crippen LogP contribution in [0, 0.1) is 17.1 Å². The highest BCUT2D eigenvalue weighted by Gasteiger charge is 2.10. The number of carbonyl (C=O) groups is 1. The van der Waals surface area contributed by atoms with Crippen LogP contribution in [0.25, 0.3) is 0 Å². The van der Waals surface area contributed by atoms with Crippen LogP contribution < -0.4 is 4.74 Å². The maximum atomic E-state index is 13.5. The van der Waals surface area contributed by atoms with E-state index in [4.69, 9.17) is 21.6 Å². The van der Waals surface area contributed by atoms with Crippen LogP contribution >= 0.6 is 11.6 Å². The molecular weight excluding hydrogens is 271 g/mol. The fraction of sp³-hybridized carbons (Fsp3) is 0.385. The molecular formula is C13H14ClFN2O2. The van der Waals surface area contributed by atoms with E-state index in [1.54, 1.807) is 13.1 Å². The Kier molecular flexibility index (Phi) is 6.10. The standard InChI is InChI=1S/C13H14ClFN2O2/c1-17(8-3-7-16)12(18)6-9-19-11-5-2-4-10(14)13(11)15/h2,4-5H,3,6,8-9H2,1H3. The summed E-state index contributed by atoms with van der Waals surface area (Å²) < 4.78 is 18.6. The Bertz CT molecular complexity index is 488. The van der Waals surface area contributed by atoms with E-state index in [1.807, 2.05) is 6.07 Å². The first-order valence-electron chi connectivity index (χ1n) is 5.74. The van der Waals surface area contributed by atoms with Crippen LogP contribution in [0.3, 0.4) is 0 Å². The van der Waals surface area contributed by atoms with E-state index >= 15 is 0 Å². The Labute approximate surface area is 116 Å². The third kappa shape index (κ3) is 4.76. The van der Waals surface area contributed by atoms with E-state index in [-0.39, 0.29) is 36.1 Å². The van der Waals surface area contributed by atoms with Crippen molar-refractivity contribution in [2.75, 3.05) is 20.2 Å². The zero-order valence-electron chi connectivity index (χ0n) is 10.5. The summed E-state index contributed by atoms with van der Waals surface area (Å²) in [6.07, 6.45) is 0.403. The van der Waals surface area contributed by atoms with E-state index in [0.717, 1.165) is 0 Å². The number of carbonyl (C=O) groups excluding carboxylic acids is 1. The Balaban J connectivity index is 2.40. The molecule has 1 rings (SSSR count). The van der Waals surface area contributed by atoms with Crippen molar-refractivity contribution >= 4 is 17.5 Å². The van der Waals surface area contributed by atoms with E-state index in [2.05, 4.69) is 0 Å². The van der Waals surface area contributed by atoms with Gasteiger partial charge in [0.05, 0.1) is 30.5 Å². The summed E-state index contributed by atoms with van der Waals surface area (Å²) in [6.45, 7) is 0.438. The quantitative estimate of drug-likeness (QED) is 0.807. The van der Waals surface area contributed by atoms with Gasteiger partial charge in [0, 0.05) is 13.6 Å². The van der Waals surface area contributed by atoms with Gasteiger partial charge in [-0.05, 0) is 12.1 Å². The lowest BCUT2D eigenvalue weighted by atomic mass is 10.3. The van der Waals surface area contributed by atoms with Gasteiger partial charge in [0.25, 0.3) is 0 Å². The molecule has 4 nitrogen and oxygen atoms in total. The topological polar surface area (TPSA) is 53.3 Å². The number of nitrogens with zero attached hydrogens (tertiary/aromatic N) is 2. The number of halogens is 2. The Hall–Kier alpha value is -1.80. The van der Waals surface area contributed by atoms with Gasteiger partial charge in [-0.1, -0.05) is 17.7 Å². The average molecular weight is 285 g/mol. The van der Waals surface area contributed by atoms with Crippen molar-refractivity contribution in [1.82, 2.24) is 4.90 Å². The van der Waals surface area contributed by atoms with Crippen molar-refractivity contribution in [1.29, 1.82) is 5.26 Å². The van der Waals surface area contributed by atoms with Crippen molar-refractivity contribution in [3.05, 3.63) is 29.0 Å². The van der Waals surface area contributed by atoms with Crippen LogP contribution in [0.15, 0.2) is 18.2 Å². The Morgan fingerprint density at radius 1 is 1.58 bits per heavy atom. The summed E-state index contributed by atoms with van der Waals surface area (Å²) in [5.41, 5.74) is 0. The smallest absolute Gasteiger partial charge is 0.225 e. The van der Waals surface area contributed by atoms with Gasteiger partial charge in [0.2, 0.25) is 5.91 Å². The molecule has 0 radical (unpaired) electrons. The molecule has 0 atom stereocenters. The molecule has 102 valence electrons. The van der Waals surface area contributed by atoms with Gasteiger partial charge in [-0.25, -0.2) is 4.39 Å². The van der Waals surface area contributed by atoms with Gasteiger partial charge in [-0.15, -0.1) is 0 Å². The number of nitriles is 1. The summed E-state index contributed by atoms with van der Waals surface area (Å²) in [6, 6.07) is 6.40. The minimum atomic E-state index is -0.630. The van der Waals surface area contributed by atoms with E-state index in [0.29, 0.717) is 6.54 Å². The van der Waals surface area contributed by atoms with Crippen molar-refractivity contribution < 1.29 is 13.9 Å². The molecule has 0 unspecified atom stereocenters. The Morgan fingerprint density at radius 3 is 3.00 bits per heavy atom. The van der Waals surface area contributed by atoms with Crippen LogP contribution in [-0.4, -0.2) is 31.0 Å². The van der Waals surface area contributed by atoms with Crippen LogP contribution in [0.1, 0.15) is 12.8 Å². The van der Waals surface area contributed by atoms with Gasteiger partial charge in [-0.2, -0.15) is 5.26 Å². The lowest BCUT2D eigenvalue weighted by Gasteiger charge is -2.15. The molecule has 1 aromatic rings. The van der Waals surface area contributed by atoms with Crippen molar-refractivity contribution in [2.45, 2.75) is 12.8 Å². The maximum Gasteiger partial charge on any atom is 0.225 e. The fourth-order valence-corrected chi connectivity index (χ4v) is 1.54. The lowest BCUT2D eigenvalue weighted by molar-refractivity contribution is -0.130. The van der Waals surface area contributed by atoms with Gasteiger partial charge >= 0.3 is 0 Å². The second-order valence-corrected chi connectivity index (χ2v) is 4.28. The molecule has 0 bridgehead atoms. The number of hydrogen-bond acceptors (Lipinski definition) is 3. The van der Waals surface area contributed by atoms with Crippen LogP contribution in [0.4, 0.5) is 4.39 Å². The van der Waals surface area contributed by atoms with Crippen molar-refractivity contribution in [3.63, 3.8) is 0 Å². The molecule has 0 aromatic heterocycles. The zero-order valence-corrected chi connectivity index (χ0v) is 11.3. The predicted octanol–water partition coefficient (Wildman–Crippen LogP) is 2.62. The van der Waals surface area contributed by atoms with E-state index < -0.39 is 5.82 Å². The van der Waals surface area contributed by atoms with E-state index in [9.17, 15) is 9.18 Å². The van der Waals surface area contributed by atoms with Crippen molar-refractivity contribution in [2.24, 2.45) is 0 Å². The number of rotatable bonds is 6. The minimum absolute atomic E-state index is 0.0186. The molecule has 0 N–H and O–H groups in total. The molecule has 1 aromatic carbocycles. The normalized spacial score (nSPS) is 9.79. The Morgan fingerprint density at radius 2 is 2.32 bits per heavy atom. The predicted molar refractivity (Wildman–Crippen MR) is 69.4 cm³/mol. The summed E-state index contributed by atoms with van der Waals surface area (Å²) in [7, 11) is 1.61.